The summed E-state index contributed by atoms with van der Waals surface area (Å²) in [7, 11) is 0. The van der Waals surface area contributed by atoms with Gasteiger partial charge in [-0.15, -0.1) is 0 Å². The normalized spacial score (nSPS) is 22.6. The van der Waals surface area contributed by atoms with Gasteiger partial charge in [-0.05, 0) is 0 Å². The SMILES string of the molecule is c1cc([Te][Te]c2ccc(OC3CCCCO3)cc2)ccc1OC1CCCCO1. The van der Waals surface area contributed by atoms with Gasteiger partial charge in [0.2, 0.25) is 0 Å². The third kappa shape index (κ3) is 6.53. The molecule has 2 aromatic rings. The summed E-state index contributed by atoms with van der Waals surface area (Å²) < 4.78 is 26.2. The van der Waals surface area contributed by atoms with E-state index in [9.17, 15) is 0 Å². The van der Waals surface area contributed by atoms with E-state index in [1.807, 2.05) is 0 Å². The van der Waals surface area contributed by atoms with Crippen molar-refractivity contribution in [3.05, 3.63) is 48.5 Å². The Morgan fingerprint density at radius 1 is 0.607 bits per heavy atom. The fourth-order valence-corrected chi connectivity index (χ4v) is 13.1. The Hall–Kier alpha value is -0.461. The van der Waals surface area contributed by atoms with Gasteiger partial charge in [0.1, 0.15) is 0 Å². The van der Waals surface area contributed by atoms with Gasteiger partial charge in [0.15, 0.2) is 0 Å². The van der Waals surface area contributed by atoms with E-state index in [4.69, 9.17) is 18.9 Å². The summed E-state index contributed by atoms with van der Waals surface area (Å²) in [5.74, 6) is 1.85. The summed E-state index contributed by atoms with van der Waals surface area (Å²) in [6.07, 6.45) is 6.54. The molecule has 6 heteroatoms. The zero-order valence-electron chi connectivity index (χ0n) is 15.9. The van der Waals surface area contributed by atoms with Gasteiger partial charge in [-0.2, -0.15) is 0 Å². The Bertz CT molecular complexity index is 645. The molecular formula is C22H26O4Te2. The molecule has 2 aromatic carbocycles. The summed E-state index contributed by atoms with van der Waals surface area (Å²) in [6.45, 7) is 1.63. The van der Waals surface area contributed by atoms with Crippen molar-refractivity contribution in [3.63, 3.8) is 0 Å². The predicted octanol–water partition coefficient (Wildman–Crippen LogP) is 2.77. The molecule has 0 radical (unpaired) electrons. The Balaban J connectivity index is 1.23. The zero-order chi connectivity index (χ0) is 19.0. The second kappa shape index (κ2) is 11.1. The van der Waals surface area contributed by atoms with Crippen molar-refractivity contribution in [2.24, 2.45) is 0 Å². The molecule has 4 nitrogen and oxygen atoms in total. The second-order valence-electron chi connectivity index (χ2n) is 6.94. The molecule has 2 aliphatic heterocycles. The van der Waals surface area contributed by atoms with Crippen molar-refractivity contribution in [1.29, 1.82) is 0 Å². The molecule has 2 fully saturated rings. The third-order valence-electron chi connectivity index (χ3n) is 4.69. The molecule has 2 aliphatic rings. The molecule has 2 heterocycles. The average Bonchev–Trinajstić information content (AvgIpc) is 2.76. The first-order valence-electron chi connectivity index (χ1n) is 9.96. The van der Waals surface area contributed by atoms with Crippen LogP contribution in [-0.2, 0) is 9.47 Å². The Kier molecular flexibility index (Phi) is 8.22. The van der Waals surface area contributed by atoms with E-state index in [1.165, 1.54) is 20.1 Å². The first-order chi connectivity index (χ1) is 13.8. The zero-order valence-corrected chi connectivity index (χ0v) is 20.5. The van der Waals surface area contributed by atoms with Crippen molar-refractivity contribution in [2.45, 2.75) is 51.1 Å². The third-order valence-corrected chi connectivity index (χ3v) is 16.5. The van der Waals surface area contributed by atoms with Crippen LogP contribution in [-0.4, -0.2) is 59.9 Å². The molecule has 0 N–H and O–H groups in total. The average molecular weight is 610 g/mol. The first-order valence-corrected chi connectivity index (χ1v) is 19.6. The maximum atomic E-state index is 5.93. The molecular weight excluding hydrogens is 583 g/mol. The summed E-state index contributed by atoms with van der Waals surface area (Å²) in [6, 6.07) is 17.4. The Morgan fingerprint density at radius 3 is 1.39 bits per heavy atom. The molecule has 4 rings (SSSR count). The minimum atomic E-state index is -0.130. The van der Waals surface area contributed by atoms with Gasteiger partial charge in [-0.3, -0.25) is 0 Å². The maximum absolute atomic E-state index is 5.93. The standard InChI is InChI=1S/C22H26O4Te2/c1-3-15-23-21(5-1)25-17-7-11-19(12-8-17)27-28-20-13-9-18(10-14-20)26-22-6-2-4-16-24-22/h7-14,21-22H,1-6,15-16H2. The van der Waals surface area contributed by atoms with E-state index in [1.54, 1.807) is 0 Å². The number of benzene rings is 2. The molecule has 28 heavy (non-hydrogen) atoms. The van der Waals surface area contributed by atoms with Crippen LogP contribution in [0.3, 0.4) is 0 Å². The topological polar surface area (TPSA) is 36.9 Å². The Labute approximate surface area is 183 Å². The van der Waals surface area contributed by atoms with Crippen molar-refractivity contribution >= 4 is 41.3 Å². The van der Waals surface area contributed by atoms with Crippen molar-refractivity contribution in [2.75, 3.05) is 13.2 Å². The van der Waals surface area contributed by atoms with Crippen LogP contribution >= 0.6 is 0 Å². The minimum absolute atomic E-state index is 0.0652. The Morgan fingerprint density at radius 2 is 1.04 bits per heavy atom. The number of rotatable bonds is 7. The quantitative estimate of drug-likeness (QED) is 0.453. The van der Waals surface area contributed by atoms with E-state index in [0.717, 1.165) is 50.4 Å². The molecule has 0 aromatic heterocycles. The van der Waals surface area contributed by atoms with E-state index < -0.39 is 0 Å². The summed E-state index contributed by atoms with van der Waals surface area (Å²) >= 11 is -0.259. The van der Waals surface area contributed by atoms with Gasteiger partial charge in [0.05, 0.1) is 0 Å². The molecule has 150 valence electrons. The fraction of sp³-hybridized carbons (Fsp3) is 0.455. The van der Waals surface area contributed by atoms with E-state index in [2.05, 4.69) is 48.5 Å². The molecule has 0 spiro atoms. The molecule has 2 saturated heterocycles. The molecule has 0 bridgehead atoms. The predicted molar refractivity (Wildman–Crippen MR) is 112 cm³/mol. The van der Waals surface area contributed by atoms with Crippen LogP contribution in [0.5, 0.6) is 11.5 Å². The fourth-order valence-electron chi connectivity index (χ4n) is 3.16. The van der Waals surface area contributed by atoms with Crippen LogP contribution in [0.25, 0.3) is 0 Å². The van der Waals surface area contributed by atoms with Crippen LogP contribution in [0.15, 0.2) is 48.5 Å². The molecule has 0 aliphatic carbocycles. The number of ether oxygens (including phenoxy) is 4. The first kappa shape index (κ1) is 20.8. The number of hydrogen-bond acceptors (Lipinski definition) is 4. The van der Waals surface area contributed by atoms with Crippen molar-refractivity contribution in [3.8, 4) is 11.5 Å². The molecule has 0 saturated carbocycles. The van der Waals surface area contributed by atoms with Gasteiger partial charge in [0.25, 0.3) is 0 Å². The van der Waals surface area contributed by atoms with Gasteiger partial charge in [0, 0.05) is 0 Å². The van der Waals surface area contributed by atoms with Crippen LogP contribution in [0.1, 0.15) is 38.5 Å². The van der Waals surface area contributed by atoms with Crippen LogP contribution in [0.2, 0.25) is 0 Å². The van der Waals surface area contributed by atoms with Gasteiger partial charge < -0.3 is 0 Å². The van der Waals surface area contributed by atoms with Crippen molar-refractivity contribution < 1.29 is 18.9 Å². The molecule has 2 unspecified atom stereocenters. The van der Waals surface area contributed by atoms with Gasteiger partial charge in [-0.1, -0.05) is 0 Å². The van der Waals surface area contributed by atoms with E-state index in [0.29, 0.717) is 0 Å². The summed E-state index contributed by atoms with van der Waals surface area (Å²) in [4.78, 5) is 0. The van der Waals surface area contributed by atoms with Crippen molar-refractivity contribution in [1.82, 2.24) is 0 Å². The van der Waals surface area contributed by atoms with E-state index >= 15 is 0 Å². The van der Waals surface area contributed by atoms with Crippen LogP contribution < -0.4 is 16.7 Å². The second-order valence-corrected chi connectivity index (χ2v) is 17.0. The molecule has 0 amide bonds. The number of hydrogen-bond donors (Lipinski definition) is 0. The summed E-state index contributed by atoms with van der Waals surface area (Å²) in [5.41, 5.74) is 0. The van der Waals surface area contributed by atoms with Gasteiger partial charge in [-0.25, -0.2) is 0 Å². The monoisotopic (exact) mass is 614 g/mol. The molecule has 2 atom stereocenters. The van der Waals surface area contributed by atoms with Crippen LogP contribution in [0.4, 0.5) is 0 Å². The van der Waals surface area contributed by atoms with Crippen LogP contribution in [0, 0.1) is 0 Å². The summed E-state index contributed by atoms with van der Waals surface area (Å²) in [5, 5.41) is 0. The van der Waals surface area contributed by atoms with E-state index in [-0.39, 0.29) is 46.7 Å². The van der Waals surface area contributed by atoms with Gasteiger partial charge >= 0.3 is 185 Å².